The van der Waals surface area contributed by atoms with Gasteiger partial charge in [0.15, 0.2) is 0 Å². The molecule has 3 heteroatoms. The molecule has 1 unspecified atom stereocenters. The number of nitrogens with one attached hydrogen (secondary N) is 1. The molecule has 1 saturated heterocycles. The average Bonchev–Trinajstić information content (AvgIpc) is 2.47. The van der Waals surface area contributed by atoms with Gasteiger partial charge in [-0.05, 0) is 57.3 Å². The summed E-state index contributed by atoms with van der Waals surface area (Å²) in [4.78, 5) is 14.8. The fourth-order valence-corrected chi connectivity index (χ4v) is 3.19. The minimum absolute atomic E-state index is 0.0736. The maximum Gasteiger partial charge on any atom is 0.237 e. The lowest BCUT2D eigenvalue weighted by Crippen LogP contribution is -2.49. The number of nitrogens with zero attached hydrogens (tertiary/aromatic N) is 1. The fraction of sp³-hybridized carbons (Fsp3) is 0.611. The Bertz CT molecular complexity index is 482. The second kappa shape index (κ2) is 7.60. The number of carbonyl (C=O) groups excluding carboxylic acids is 1. The van der Waals surface area contributed by atoms with Crippen LogP contribution in [0.4, 0.5) is 0 Å². The van der Waals surface area contributed by atoms with Gasteiger partial charge in [0, 0.05) is 6.54 Å². The highest BCUT2D eigenvalue weighted by atomic mass is 16.2. The molecule has 0 radical (unpaired) electrons. The number of hydrogen-bond acceptors (Lipinski definition) is 2. The molecule has 0 saturated carbocycles. The first kappa shape index (κ1) is 16.0. The number of carbonyl (C=O) groups is 1. The van der Waals surface area contributed by atoms with Gasteiger partial charge in [0.1, 0.15) is 0 Å². The van der Waals surface area contributed by atoms with Crippen molar-refractivity contribution in [1.29, 1.82) is 0 Å². The van der Waals surface area contributed by atoms with Crippen molar-refractivity contribution < 1.29 is 4.79 Å². The lowest BCUT2D eigenvalue weighted by atomic mass is 10.0. The van der Waals surface area contributed by atoms with E-state index in [0.717, 1.165) is 25.9 Å². The van der Waals surface area contributed by atoms with Crippen LogP contribution in [0.3, 0.4) is 0 Å². The maximum absolute atomic E-state index is 12.5. The van der Waals surface area contributed by atoms with E-state index in [4.69, 9.17) is 0 Å². The van der Waals surface area contributed by atoms with Crippen LogP contribution < -0.4 is 5.32 Å². The van der Waals surface area contributed by atoms with Crippen LogP contribution in [0.15, 0.2) is 18.2 Å². The van der Waals surface area contributed by atoms with Crippen molar-refractivity contribution >= 4 is 5.91 Å². The first-order valence-electron chi connectivity index (χ1n) is 8.19. The Hall–Kier alpha value is -1.35. The molecule has 2 rings (SSSR count). The van der Waals surface area contributed by atoms with Gasteiger partial charge in [-0.25, -0.2) is 0 Å². The molecule has 1 amide bonds. The van der Waals surface area contributed by atoms with E-state index < -0.39 is 0 Å². The molecule has 0 bridgehead atoms. The zero-order valence-electron chi connectivity index (χ0n) is 13.6. The van der Waals surface area contributed by atoms with E-state index in [1.165, 1.54) is 29.5 Å². The van der Waals surface area contributed by atoms with E-state index in [9.17, 15) is 4.79 Å². The molecule has 0 aromatic heterocycles. The van der Waals surface area contributed by atoms with Gasteiger partial charge in [0.25, 0.3) is 0 Å². The number of aryl methyl sites for hydroxylation is 2. The van der Waals surface area contributed by atoms with Gasteiger partial charge in [-0.2, -0.15) is 0 Å². The molecule has 1 heterocycles. The lowest BCUT2D eigenvalue weighted by molar-refractivity contribution is -0.127. The number of amides is 1. The van der Waals surface area contributed by atoms with Crippen molar-refractivity contribution in [2.45, 2.75) is 59.0 Å². The Morgan fingerprint density at radius 3 is 2.86 bits per heavy atom. The van der Waals surface area contributed by atoms with Crippen LogP contribution in [0.2, 0.25) is 0 Å². The summed E-state index contributed by atoms with van der Waals surface area (Å²) in [6, 6.07) is 6.48. The molecule has 1 N–H and O–H groups in total. The summed E-state index contributed by atoms with van der Waals surface area (Å²) < 4.78 is 0. The third-order valence-corrected chi connectivity index (χ3v) is 4.38. The zero-order chi connectivity index (χ0) is 15.2. The molecule has 1 fully saturated rings. The Labute approximate surface area is 128 Å². The van der Waals surface area contributed by atoms with E-state index in [2.05, 4.69) is 49.2 Å². The van der Waals surface area contributed by atoms with E-state index in [0.29, 0.717) is 6.54 Å². The topological polar surface area (TPSA) is 32.3 Å². The second-order valence-corrected chi connectivity index (χ2v) is 6.20. The monoisotopic (exact) mass is 288 g/mol. The Kier molecular flexibility index (Phi) is 5.80. The standard InChI is InChI=1S/C18H28N2O/c1-4-10-20-11-6-5-7-17(20)18(21)19-13-16-9-8-14(2)12-15(16)3/h8-9,12,17H,4-7,10-11,13H2,1-3H3,(H,19,21). The molecule has 116 valence electrons. The molecule has 0 aliphatic carbocycles. The molecule has 1 atom stereocenters. The number of likely N-dealkylation sites (tertiary alicyclic amines) is 1. The largest absolute Gasteiger partial charge is 0.351 e. The minimum atomic E-state index is 0.0736. The van der Waals surface area contributed by atoms with E-state index in [1.54, 1.807) is 0 Å². The Balaban J connectivity index is 1.93. The molecule has 1 aliphatic heterocycles. The minimum Gasteiger partial charge on any atom is -0.351 e. The molecule has 1 aromatic carbocycles. The number of hydrogen-bond donors (Lipinski definition) is 1. The summed E-state index contributed by atoms with van der Waals surface area (Å²) in [5.74, 6) is 0.197. The third-order valence-electron chi connectivity index (χ3n) is 4.38. The van der Waals surface area contributed by atoms with E-state index in [-0.39, 0.29) is 11.9 Å². The molecule has 0 spiro atoms. The van der Waals surface area contributed by atoms with Crippen LogP contribution in [0, 0.1) is 13.8 Å². The van der Waals surface area contributed by atoms with Crippen molar-refractivity contribution in [2.24, 2.45) is 0 Å². The van der Waals surface area contributed by atoms with Gasteiger partial charge in [0.05, 0.1) is 6.04 Å². The van der Waals surface area contributed by atoms with Crippen LogP contribution in [-0.4, -0.2) is 29.9 Å². The summed E-state index contributed by atoms with van der Waals surface area (Å²) in [5, 5.41) is 3.14. The summed E-state index contributed by atoms with van der Waals surface area (Å²) in [7, 11) is 0. The highest BCUT2D eigenvalue weighted by Crippen LogP contribution is 2.18. The number of rotatable bonds is 5. The van der Waals surface area contributed by atoms with Crippen LogP contribution in [0.5, 0.6) is 0 Å². The zero-order valence-corrected chi connectivity index (χ0v) is 13.6. The second-order valence-electron chi connectivity index (χ2n) is 6.20. The van der Waals surface area contributed by atoms with Crippen LogP contribution in [0.1, 0.15) is 49.3 Å². The lowest BCUT2D eigenvalue weighted by Gasteiger charge is -2.34. The van der Waals surface area contributed by atoms with Crippen molar-refractivity contribution in [3.8, 4) is 0 Å². The van der Waals surface area contributed by atoms with Gasteiger partial charge in [-0.1, -0.05) is 37.1 Å². The third kappa shape index (κ3) is 4.31. The predicted molar refractivity (Wildman–Crippen MR) is 87.3 cm³/mol. The molecule has 1 aromatic rings. The highest BCUT2D eigenvalue weighted by molar-refractivity contribution is 5.81. The van der Waals surface area contributed by atoms with Crippen molar-refractivity contribution in [2.75, 3.05) is 13.1 Å². The van der Waals surface area contributed by atoms with Crippen LogP contribution >= 0.6 is 0 Å². The van der Waals surface area contributed by atoms with E-state index >= 15 is 0 Å². The summed E-state index contributed by atoms with van der Waals surface area (Å²) in [6.45, 7) is 9.12. The molecule has 1 aliphatic rings. The number of piperidine rings is 1. The van der Waals surface area contributed by atoms with Crippen molar-refractivity contribution in [3.63, 3.8) is 0 Å². The molecular weight excluding hydrogens is 260 g/mol. The van der Waals surface area contributed by atoms with Crippen molar-refractivity contribution in [3.05, 3.63) is 34.9 Å². The number of benzene rings is 1. The molecule has 21 heavy (non-hydrogen) atoms. The van der Waals surface area contributed by atoms with Crippen LogP contribution in [-0.2, 0) is 11.3 Å². The average molecular weight is 288 g/mol. The van der Waals surface area contributed by atoms with Gasteiger partial charge < -0.3 is 5.32 Å². The first-order valence-corrected chi connectivity index (χ1v) is 8.19. The van der Waals surface area contributed by atoms with Gasteiger partial charge in [-0.3, -0.25) is 9.69 Å². The smallest absolute Gasteiger partial charge is 0.237 e. The normalized spacial score (nSPS) is 19.5. The SMILES string of the molecule is CCCN1CCCCC1C(=O)NCc1ccc(C)cc1C. The highest BCUT2D eigenvalue weighted by Gasteiger charge is 2.27. The Morgan fingerprint density at radius 1 is 1.33 bits per heavy atom. The quantitative estimate of drug-likeness (QED) is 0.902. The predicted octanol–water partition coefficient (Wildman–Crippen LogP) is 3.18. The Morgan fingerprint density at radius 2 is 2.14 bits per heavy atom. The first-order chi connectivity index (χ1) is 10.1. The molecule has 3 nitrogen and oxygen atoms in total. The summed E-state index contributed by atoms with van der Waals surface area (Å²) in [5.41, 5.74) is 3.74. The summed E-state index contributed by atoms with van der Waals surface area (Å²) >= 11 is 0. The molecular formula is C18H28N2O. The van der Waals surface area contributed by atoms with Gasteiger partial charge >= 0.3 is 0 Å². The maximum atomic E-state index is 12.5. The summed E-state index contributed by atoms with van der Waals surface area (Å²) in [6.07, 6.45) is 4.50. The van der Waals surface area contributed by atoms with Crippen LogP contribution in [0.25, 0.3) is 0 Å². The fourth-order valence-electron chi connectivity index (χ4n) is 3.19. The van der Waals surface area contributed by atoms with Gasteiger partial charge in [0.2, 0.25) is 5.91 Å². The van der Waals surface area contributed by atoms with Gasteiger partial charge in [-0.15, -0.1) is 0 Å². The van der Waals surface area contributed by atoms with E-state index in [1.807, 2.05) is 0 Å². The van der Waals surface area contributed by atoms with Crippen molar-refractivity contribution in [1.82, 2.24) is 10.2 Å².